The van der Waals surface area contributed by atoms with Crippen molar-refractivity contribution in [2.75, 3.05) is 10.6 Å². The number of aromatic nitrogens is 1. The number of rotatable bonds is 4. The van der Waals surface area contributed by atoms with Gasteiger partial charge in [0.05, 0.1) is 16.3 Å². The fraction of sp³-hybridized carbons (Fsp3) is 0.143. The van der Waals surface area contributed by atoms with Gasteiger partial charge in [-0.1, -0.05) is 11.6 Å². The number of anilines is 2. The van der Waals surface area contributed by atoms with Gasteiger partial charge in [-0.2, -0.15) is 0 Å². The SMILES string of the molecule is CC(=O)Nc1ccc(NC(=O)c2cc(C)n(-c3ccc(F)cc3)c2C)cc1Cl. The van der Waals surface area contributed by atoms with Crippen molar-refractivity contribution in [2.45, 2.75) is 20.8 Å². The minimum atomic E-state index is -0.316. The number of aryl methyl sites for hydroxylation is 1. The molecule has 0 fully saturated rings. The summed E-state index contributed by atoms with van der Waals surface area (Å²) in [5.74, 6) is -0.833. The zero-order chi connectivity index (χ0) is 20.4. The summed E-state index contributed by atoms with van der Waals surface area (Å²) in [6.07, 6.45) is 0. The largest absolute Gasteiger partial charge is 0.325 e. The molecule has 0 bridgehead atoms. The molecular formula is C21H19ClFN3O2. The molecule has 3 rings (SSSR count). The Balaban J connectivity index is 1.86. The van der Waals surface area contributed by atoms with Gasteiger partial charge in [-0.25, -0.2) is 4.39 Å². The minimum absolute atomic E-state index is 0.230. The van der Waals surface area contributed by atoms with Crippen molar-refractivity contribution in [1.82, 2.24) is 4.57 Å². The molecule has 5 nitrogen and oxygen atoms in total. The van der Waals surface area contributed by atoms with Crippen molar-refractivity contribution in [3.63, 3.8) is 0 Å². The van der Waals surface area contributed by atoms with E-state index < -0.39 is 0 Å². The van der Waals surface area contributed by atoms with Gasteiger partial charge in [-0.3, -0.25) is 9.59 Å². The molecule has 28 heavy (non-hydrogen) atoms. The number of halogens is 2. The van der Waals surface area contributed by atoms with Crippen molar-refractivity contribution in [3.8, 4) is 5.69 Å². The maximum atomic E-state index is 13.2. The van der Waals surface area contributed by atoms with E-state index in [0.29, 0.717) is 22.0 Å². The second-order valence-electron chi connectivity index (χ2n) is 6.43. The highest BCUT2D eigenvalue weighted by atomic mass is 35.5. The fourth-order valence-electron chi connectivity index (χ4n) is 3.06. The number of amides is 2. The minimum Gasteiger partial charge on any atom is -0.325 e. The molecule has 3 aromatic rings. The third-order valence-corrected chi connectivity index (χ3v) is 4.61. The van der Waals surface area contributed by atoms with E-state index in [0.717, 1.165) is 17.1 Å². The summed E-state index contributed by atoms with van der Waals surface area (Å²) in [5.41, 5.74) is 3.86. The molecule has 144 valence electrons. The quantitative estimate of drug-likeness (QED) is 0.641. The molecule has 0 unspecified atom stereocenters. The van der Waals surface area contributed by atoms with Crippen LogP contribution in [0.5, 0.6) is 0 Å². The number of carbonyl (C=O) groups excluding carboxylic acids is 2. The topological polar surface area (TPSA) is 63.1 Å². The number of benzene rings is 2. The maximum absolute atomic E-state index is 13.2. The van der Waals surface area contributed by atoms with Crippen LogP contribution >= 0.6 is 11.6 Å². The van der Waals surface area contributed by atoms with E-state index in [4.69, 9.17) is 11.6 Å². The predicted molar refractivity (Wildman–Crippen MR) is 109 cm³/mol. The van der Waals surface area contributed by atoms with Gasteiger partial charge in [0.2, 0.25) is 5.91 Å². The first kappa shape index (κ1) is 19.6. The van der Waals surface area contributed by atoms with Crippen molar-refractivity contribution >= 4 is 34.8 Å². The van der Waals surface area contributed by atoms with Gasteiger partial charge in [-0.05, 0) is 62.4 Å². The van der Waals surface area contributed by atoms with Crippen LogP contribution in [0.15, 0.2) is 48.5 Å². The highest BCUT2D eigenvalue weighted by molar-refractivity contribution is 6.34. The van der Waals surface area contributed by atoms with E-state index in [2.05, 4.69) is 10.6 Å². The first-order chi connectivity index (χ1) is 13.3. The van der Waals surface area contributed by atoms with Crippen LogP contribution in [0.25, 0.3) is 5.69 Å². The molecule has 0 radical (unpaired) electrons. The standard InChI is InChI=1S/C21H19ClFN3O2/c1-12-10-18(13(2)26(12)17-7-4-15(23)5-8-17)21(28)25-16-6-9-20(19(22)11-16)24-14(3)27/h4-11H,1-3H3,(H,24,27)(H,25,28). The fourth-order valence-corrected chi connectivity index (χ4v) is 3.29. The Hall–Kier alpha value is -3.12. The number of hydrogen-bond donors (Lipinski definition) is 2. The highest BCUT2D eigenvalue weighted by Crippen LogP contribution is 2.27. The van der Waals surface area contributed by atoms with Gasteiger partial charge in [0.25, 0.3) is 5.91 Å². The molecule has 2 aromatic carbocycles. The van der Waals surface area contributed by atoms with Gasteiger partial charge in [0.1, 0.15) is 5.82 Å². The van der Waals surface area contributed by atoms with Crippen LogP contribution in [0, 0.1) is 19.7 Å². The molecule has 0 spiro atoms. The zero-order valence-electron chi connectivity index (χ0n) is 15.6. The third kappa shape index (κ3) is 4.07. The van der Waals surface area contributed by atoms with Crippen molar-refractivity contribution < 1.29 is 14.0 Å². The molecule has 0 atom stereocenters. The molecule has 2 N–H and O–H groups in total. The lowest BCUT2D eigenvalue weighted by Gasteiger charge is -2.11. The van der Waals surface area contributed by atoms with Crippen LogP contribution in [0.4, 0.5) is 15.8 Å². The Morgan fingerprint density at radius 2 is 1.68 bits per heavy atom. The molecule has 0 aliphatic carbocycles. The van der Waals surface area contributed by atoms with Gasteiger partial charge in [0.15, 0.2) is 0 Å². The van der Waals surface area contributed by atoms with Crippen LogP contribution in [0.3, 0.4) is 0 Å². The molecule has 1 heterocycles. The predicted octanol–water partition coefficient (Wildman–Crippen LogP) is 5.10. The van der Waals surface area contributed by atoms with E-state index in [1.807, 2.05) is 18.4 Å². The lowest BCUT2D eigenvalue weighted by Crippen LogP contribution is -2.13. The second-order valence-corrected chi connectivity index (χ2v) is 6.83. The highest BCUT2D eigenvalue weighted by Gasteiger charge is 2.17. The normalized spacial score (nSPS) is 10.6. The Labute approximate surface area is 167 Å². The number of nitrogens with one attached hydrogen (secondary N) is 2. The van der Waals surface area contributed by atoms with Crippen molar-refractivity contribution in [1.29, 1.82) is 0 Å². The number of carbonyl (C=O) groups is 2. The van der Waals surface area contributed by atoms with Gasteiger partial charge in [0, 0.05) is 29.7 Å². The Morgan fingerprint density at radius 3 is 2.29 bits per heavy atom. The Bertz CT molecular complexity index is 1060. The van der Waals surface area contributed by atoms with Crippen LogP contribution < -0.4 is 10.6 Å². The molecule has 0 aliphatic rings. The van der Waals surface area contributed by atoms with Crippen LogP contribution in [0.1, 0.15) is 28.7 Å². The smallest absolute Gasteiger partial charge is 0.257 e. The molecule has 0 saturated carbocycles. The van der Waals surface area contributed by atoms with Crippen molar-refractivity contribution in [3.05, 3.63) is 76.3 Å². The monoisotopic (exact) mass is 399 g/mol. The van der Waals surface area contributed by atoms with Gasteiger partial charge < -0.3 is 15.2 Å². The third-order valence-electron chi connectivity index (χ3n) is 4.30. The lowest BCUT2D eigenvalue weighted by molar-refractivity contribution is -0.114. The second kappa shape index (κ2) is 7.86. The van der Waals surface area contributed by atoms with Crippen LogP contribution in [0.2, 0.25) is 5.02 Å². The van der Waals surface area contributed by atoms with Crippen LogP contribution in [-0.2, 0) is 4.79 Å². The number of hydrogen-bond acceptors (Lipinski definition) is 2. The molecule has 2 amide bonds. The van der Waals surface area contributed by atoms with Gasteiger partial charge >= 0.3 is 0 Å². The van der Waals surface area contributed by atoms with E-state index in [9.17, 15) is 14.0 Å². The van der Waals surface area contributed by atoms with Crippen molar-refractivity contribution in [2.24, 2.45) is 0 Å². The summed E-state index contributed by atoms with van der Waals surface area (Å²) in [5, 5.41) is 5.75. The average molecular weight is 400 g/mol. The summed E-state index contributed by atoms with van der Waals surface area (Å²) in [6.45, 7) is 5.10. The van der Waals surface area contributed by atoms with E-state index >= 15 is 0 Å². The number of nitrogens with zero attached hydrogens (tertiary/aromatic N) is 1. The first-order valence-electron chi connectivity index (χ1n) is 8.59. The van der Waals surface area contributed by atoms with E-state index in [1.54, 1.807) is 36.4 Å². The van der Waals surface area contributed by atoms with Gasteiger partial charge in [-0.15, -0.1) is 0 Å². The van der Waals surface area contributed by atoms with E-state index in [1.165, 1.54) is 19.1 Å². The maximum Gasteiger partial charge on any atom is 0.257 e. The first-order valence-corrected chi connectivity index (χ1v) is 8.97. The Kier molecular flexibility index (Phi) is 5.51. The molecule has 1 aromatic heterocycles. The summed E-state index contributed by atoms with van der Waals surface area (Å²) in [7, 11) is 0. The average Bonchev–Trinajstić information content (AvgIpc) is 2.92. The summed E-state index contributed by atoms with van der Waals surface area (Å²) < 4.78 is 15.1. The summed E-state index contributed by atoms with van der Waals surface area (Å²) in [4.78, 5) is 23.9. The lowest BCUT2D eigenvalue weighted by atomic mass is 10.2. The van der Waals surface area contributed by atoms with Crippen LogP contribution in [-0.4, -0.2) is 16.4 Å². The summed E-state index contributed by atoms with van der Waals surface area (Å²) in [6, 6.07) is 12.7. The Morgan fingerprint density at radius 1 is 1.00 bits per heavy atom. The molecule has 7 heteroatoms. The zero-order valence-corrected chi connectivity index (χ0v) is 16.4. The molecule has 0 saturated heterocycles. The summed E-state index contributed by atoms with van der Waals surface area (Å²) >= 11 is 6.16. The molecule has 0 aliphatic heterocycles. The van der Waals surface area contributed by atoms with E-state index in [-0.39, 0.29) is 17.6 Å². The molecular weight excluding hydrogens is 381 g/mol.